The van der Waals surface area contributed by atoms with Gasteiger partial charge in [-0.15, -0.1) is 0 Å². The lowest BCUT2D eigenvalue weighted by molar-refractivity contribution is -0.119. The van der Waals surface area contributed by atoms with E-state index in [1.807, 2.05) is 73.6 Å². The van der Waals surface area contributed by atoms with Crippen LogP contribution in [0.5, 0.6) is 5.88 Å². The molecule has 3 aromatic carbocycles. The molecule has 0 aliphatic rings. The van der Waals surface area contributed by atoms with Crippen molar-refractivity contribution in [3.63, 3.8) is 0 Å². The molecule has 0 aliphatic heterocycles. The Morgan fingerprint density at radius 3 is 2.29 bits per heavy atom. The quantitative estimate of drug-likeness (QED) is 0.270. The number of fused-ring (bicyclic) bond motifs is 1. The average molecular weight is 534 g/mol. The minimum absolute atomic E-state index is 0.00829. The highest BCUT2D eigenvalue weighted by Gasteiger charge is 2.21. The number of para-hydroxylation sites is 1. The molecule has 0 unspecified atom stereocenters. The average Bonchev–Trinajstić information content (AvgIpc) is 3.21. The number of sulfonamides is 1. The summed E-state index contributed by atoms with van der Waals surface area (Å²) in [6, 6.07) is 23.7. The van der Waals surface area contributed by atoms with Gasteiger partial charge in [-0.2, -0.15) is 0 Å². The summed E-state index contributed by atoms with van der Waals surface area (Å²) in [7, 11) is 0.0723. The number of rotatable bonds is 10. The Morgan fingerprint density at radius 2 is 1.63 bits per heavy atom. The molecule has 198 valence electrons. The lowest BCUT2D eigenvalue weighted by Gasteiger charge is -2.22. The normalized spacial score (nSPS) is 12.2. The number of carbonyl (C=O) groups is 1. The molecule has 4 rings (SSSR count). The number of benzene rings is 3. The van der Waals surface area contributed by atoms with Crippen LogP contribution >= 0.6 is 0 Å². The SMILES string of the molecule is CN(C)CCNC(=O)CN(c1ccc(N=C(c2ccccc2)c2c(O)[nH]c3ccccc23)cc1)S(C)(=O)=O. The molecule has 10 heteroatoms. The molecule has 1 heterocycles. The van der Waals surface area contributed by atoms with Gasteiger partial charge in [0.15, 0.2) is 5.88 Å². The Bertz CT molecular complexity index is 1550. The summed E-state index contributed by atoms with van der Waals surface area (Å²) < 4.78 is 26.1. The van der Waals surface area contributed by atoms with Crippen LogP contribution in [-0.4, -0.2) is 75.0 Å². The number of aromatic hydroxyl groups is 1. The summed E-state index contributed by atoms with van der Waals surface area (Å²) in [6.07, 6.45) is 1.07. The van der Waals surface area contributed by atoms with Crippen LogP contribution in [0.3, 0.4) is 0 Å². The second-order valence-electron chi connectivity index (χ2n) is 9.16. The summed E-state index contributed by atoms with van der Waals surface area (Å²) in [6.45, 7) is 0.737. The molecule has 0 atom stereocenters. The minimum atomic E-state index is -3.71. The number of amides is 1. The first-order chi connectivity index (χ1) is 18.1. The summed E-state index contributed by atoms with van der Waals surface area (Å²) in [4.78, 5) is 22.2. The fourth-order valence-electron chi connectivity index (χ4n) is 4.06. The molecular weight excluding hydrogens is 502 g/mol. The van der Waals surface area contributed by atoms with Gasteiger partial charge in [0.1, 0.15) is 6.54 Å². The molecule has 0 fully saturated rings. The number of carbonyl (C=O) groups excluding carboxylic acids is 1. The zero-order valence-corrected chi connectivity index (χ0v) is 22.4. The smallest absolute Gasteiger partial charge is 0.240 e. The van der Waals surface area contributed by atoms with Gasteiger partial charge in [-0.3, -0.25) is 9.10 Å². The number of hydrogen-bond donors (Lipinski definition) is 3. The maximum atomic E-state index is 12.5. The van der Waals surface area contributed by atoms with Gasteiger partial charge in [0.2, 0.25) is 15.9 Å². The largest absolute Gasteiger partial charge is 0.494 e. The van der Waals surface area contributed by atoms with E-state index in [2.05, 4.69) is 10.3 Å². The number of likely N-dealkylation sites (N-methyl/N-ethyl adjacent to an activating group) is 1. The molecular formula is C28H31N5O4S. The third kappa shape index (κ3) is 6.39. The van der Waals surface area contributed by atoms with Crippen LogP contribution in [0.1, 0.15) is 11.1 Å². The number of nitrogens with zero attached hydrogens (tertiary/aromatic N) is 3. The van der Waals surface area contributed by atoms with E-state index in [9.17, 15) is 18.3 Å². The highest BCUT2D eigenvalue weighted by Crippen LogP contribution is 2.32. The van der Waals surface area contributed by atoms with Crippen LogP contribution in [-0.2, 0) is 14.8 Å². The van der Waals surface area contributed by atoms with Crippen LogP contribution < -0.4 is 9.62 Å². The molecule has 38 heavy (non-hydrogen) atoms. The lowest BCUT2D eigenvalue weighted by atomic mass is 10.0. The zero-order chi connectivity index (χ0) is 27.3. The van der Waals surface area contributed by atoms with E-state index in [1.54, 1.807) is 24.3 Å². The Hall–Kier alpha value is -4.15. The summed E-state index contributed by atoms with van der Waals surface area (Å²) >= 11 is 0. The number of nitrogens with one attached hydrogen (secondary N) is 2. The minimum Gasteiger partial charge on any atom is -0.494 e. The van der Waals surface area contributed by atoms with Crippen molar-refractivity contribution >= 4 is 43.9 Å². The summed E-state index contributed by atoms with van der Waals surface area (Å²) in [5.41, 5.74) is 3.64. The van der Waals surface area contributed by atoms with Crippen LogP contribution in [0.25, 0.3) is 10.9 Å². The molecule has 9 nitrogen and oxygen atoms in total. The molecule has 3 N–H and O–H groups in total. The lowest BCUT2D eigenvalue weighted by Crippen LogP contribution is -2.42. The maximum Gasteiger partial charge on any atom is 0.240 e. The first-order valence-corrected chi connectivity index (χ1v) is 13.9. The van der Waals surface area contributed by atoms with Gasteiger partial charge in [0.25, 0.3) is 0 Å². The van der Waals surface area contributed by atoms with Gasteiger partial charge in [-0.25, -0.2) is 13.4 Å². The Morgan fingerprint density at radius 1 is 0.974 bits per heavy atom. The van der Waals surface area contributed by atoms with E-state index in [1.165, 1.54) is 0 Å². The predicted molar refractivity (Wildman–Crippen MR) is 152 cm³/mol. The van der Waals surface area contributed by atoms with Crippen molar-refractivity contribution in [2.75, 3.05) is 44.3 Å². The van der Waals surface area contributed by atoms with E-state index < -0.39 is 10.0 Å². The second-order valence-corrected chi connectivity index (χ2v) is 11.1. The summed E-state index contributed by atoms with van der Waals surface area (Å²) in [5.74, 6) is -0.380. The fourth-order valence-corrected chi connectivity index (χ4v) is 4.91. The standard InChI is InChI=1S/C28H31N5O4S/c1-32(2)18-17-29-25(34)19-33(38(3,36)37)22-15-13-21(14-16-22)30-27(20-9-5-4-6-10-20)26-23-11-7-8-12-24(23)31-28(26)35/h4-16,31,35H,17-19H2,1-3H3,(H,29,34). The molecule has 0 radical (unpaired) electrons. The van der Waals surface area contributed by atoms with E-state index in [0.717, 1.165) is 27.0 Å². The van der Waals surface area contributed by atoms with Gasteiger partial charge in [-0.1, -0.05) is 48.5 Å². The zero-order valence-electron chi connectivity index (χ0n) is 21.5. The topological polar surface area (TPSA) is 118 Å². The Balaban J connectivity index is 1.68. The third-order valence-electron chi connectivity index (χ3n) is 5.92. The highest BCUT2D eigenvalue weighted by atomic mass is 32.2. The number of H-pyrrole nitrogens is 1. The van der Waals surface area contributed by atoms with Crippen LogP contribution in [0.2, 0.25) is 0 Å². The van der Waals surface area contributed by atoms with Crippen molar-refractivity contribution in [2.24, 2.45) is 4.99 Å². The van der Waals surface area contributed by atoms with Crippen molar-refractivity contribution < 1.29 is 18.3 Å². The molecule has 0 bridgehead atoms. The van der Waals surface area contributed by atoms with Crippen LogP contribution in [0.15, 0.2) is 83.9 Å². The van der Waals surface area contributed by atoms with Crippen molar-refractivity contribution in [1.29, 1.82) is 0 Å². The number of anilines is 1. The number of aromatic nitrogens is 1. The third-order valence-corrected chi connectivity index (χ3v) is 7.06. The molecule has 0 saturated heterocycles. The Kier molecular flexibility index (Phi) is 8.13. The number of hydrogen-bond acceptors (Lipinski definition) is 6. The molecule has 1 amide bonds. The first kappa shape index (κ1) is 26.9. The molecule has 1 aromatic heterocycles. The van der Waals surface area contributed by atoms with Gasteiger partial charge < -0.3 is 20.3 Å². The highest BCUT2D eigenvalue weighted by molar-refractivity contribution is 7.92. The molecule has 0 saturated carbocycles. The fraction of sp³-hybridized carbons (Fsp3) is 0.214. The summed E-state index contributed by atoms with van der Waals surface area (Å²) in [5, 5.41) is 14.3. The van der Waals surface area contributed by atoms with E-state index in [0.29, 0.717) is 35.7 Å². The molecule has 0 spiro atoms. The van der Waals surface area contributed by atoms with Gasteiger partial charge in [0, 0.05) is 29.6 Å². The van der Waals surface area contributed by atoms with Crippen LogP contribution in [0, 0.1) is 0 Å². The first-order valence-electron chi connectivity index (χ1n) is 12.1. The van der Waals surface area contributed by atoms with Crippen molar-refractivity contribution in [3.05, 3.63) is 90.0 Å². The number of aromatic amines is 1. The predicted octanol–water partition coefficient (Wildman–Crippen LogP) is 3.49. The van der Waals surface area contributed by atoms with E-state index in [-0.39, 0.29) is 18.3 Å². The number of aliphatic imine (C=N–C) groups is 1. The van der Waals surface area contributed by atoms with E-state index >= 15 is 0 Å². The van der Waals surface area contributed by atoms with Gasteiger partial charge >= 0.3 is 0 Å². The van der Waals surface area contributed by atoms with Crippen molar-refractivity contribution in [1.82, 2.24) is 15.2 Å². The van der Waals surface area contributed by atoms with Gasteiger partial charge in [0.05, 0.1) is 28.9 Å². The monoisotopic (exact) mass is 533 g/mol. The van der Waals surface area contributed by atoms with E-state index in [4.69, 9.17) is 4.99 Å². The van der Waals surface area contributed by atoms with Crippen molar-refractivity contribution in [2.45, 2.75) is 0 Å². The van der Waals surface area contributed by atoms with Crippen molar-refractivity contribution in [3.8, 4) is 5.88 Å². The Labute approximate surface area is 222 Å². The second kappa shape index (κ2) is 11.5. The molecule has 0 aliphatic carbocycles. The maximum absolute atomic E-state index is 12.5. The van der Waals surface area contributed by atoms with Gasteiger partial charge in [-0.05, 0) is 44.4 Å². The van der Waals surface area contributed by atoms with Crippen LogP contribution in [0.4, 0.5) is 11.4 Å². The molecule has 4 aromatic rings.